The summed E-state index contributed by atoms with van der Waals surface area (Å²) in [7, 11) is 0. The highest BCUT2D eigenvalue weighted by Gasteiger charge is 2.35. The Balaban J connectivity index is 1.80. The number of benzene rings is 1. The van der Waals surface area contributed by atoms with Crippen LogP contribution in [0.25, 0.3) is 11.7 Å². The van der Waals surface area contributed by atoms with Gasteiger partial charge in [0.1, 0.15) is 15.8 Å². The maximum Gasteiger partial charge on any atom is 0.267 e. The van der Waals surface area contributed by atoms with Gasteiger partial charge in [0.05, 0.1) is 10.5 Å². The number of hydrogen-bond donors (Lipinski definition) is 1. The molecule has 170 valence electrons. The van der Waals surface area contributed by atoms with Crippen molar-refractivity contribution in [1.29, 1.82) is 0 Å². The van der Waals surface area contributed by atoms with E-state index in [4.69, 9.17) is 17.2 Å². The minimum atomic E-state index is -0.232. The zero-order valence-corrected chi connectivity index (χ0v) is 20.7. The van der Waals surface area contributed by atoms with Crippen molar-refractivity contribution in [2.45, 2.75) is 46.7 Å². The van der Waals surface area contributed by atoms with Crippen molar-refractivity contribution in [2.75, 3.05) is 5.32 Å². The lowest BCUT2D eigenvalue weighted by Gasteiger charge is -2.21. The SMILES string of the molecule is CC[C@@H](C)N1C(=O)/C(=C/c2c(NCc3ccc(C)cc3)nc3c(C)cccn3c2=O)SC1=S. The van der Waals surface area contributed by atoms with Crippen LogP contribution in [0.3, 0.4) is 0 Å². The van der Waals surface area contributed by atoms with Crippen LogP contribution >= 0.6 is 24.0 Å². The topological polar surface area (TPSA) is 66.7 Å². The average Bonchev–Trinajstić information content (AvgIpc) is 3.08. The number of rotatable bonds is 6. The average molecular weight is 479 g/mol. The van der Waals surface area contributed by atoms with E-state index in [1.165, 1.54) is 21.7 Å². The molecule has 6 nitrogen and oxygen atoms in total. The number of anilines is 1. The Kier molecular flexibility index (Phi) is 6.67. The molecule has 1 fully saturated rings. The number of hydrogen-bond acceptors (Lipinski definition) is 6. The third-order valence-corrected chi connectivity index (χ3v) is 7.13. The fourth-order valence-corrected chi connectivity index (χ4v) is 5.09. The number of nitrogens with zero attached hydrogens (tertiary/aromatic N) is 3. The molecule has 33 heavy (non-hydrogen) atoms. The van der Waals surface area contributed by atoms with Crippen LogP contribution in [0.5, 0.6) is 0 Å². The Hall–Kier alpha value is -2.97. The van der Waals surface area contributed by atoms with E-state index in [-0.39, 0.29) is 17.5 Å². The standard InChI is InChI=1S/C25H26N4O2S2/c1-5-17(4)29-24(31)20(33-25(29)32)13-19-21(26-14-18-10-8-15(2)9-11-18)27-22-16(3)7-6-12-28(22)23(19)30/h6-13,17,26H,5,14H2,1-4H3/b20-13-/t17-/m1/s1. The molecule has 0 bridgehead atoms. The monoisotopic (exact) mass is 478 g/mol. The summed E-state index contributed by atoms with van der Waals surface area (Å²) in [5, 5.41) is 3.32. The second-order valence-corrected chi connectivity index (χ2v) is 9.89. The Labute approximate surface area is 202 Å². The predicted molar refractivity (Wildman–Crippen MR) is 139 cm³/mol. The van der Waals surface area contributed by atoms with Gasteiger partial charge in [-0.15, -0.1) is 0 Å². The third-order valence-electron chi connectivity index (χ3n) is 5.80. The summed E-state index contributed by atoms with van der Waals surface area (Å²) in [4.78, 5) is 33.4. The molecule has 8 heteroatoms. The number of pyridine rings is 1. The summed E-state index contributed by atoms with van der Waals surface area (Å²) in [6, 6.07) is 11.9. The first-order valence-electron chi connectivity index (χ1n) is 10.9. The molecule has 4 rings (SSSR count). The van der Waals surface area contributed by atoms with Crippen molar-refractivity contribution in [2.24, 2.45) is 0 Å². The van der Waals surface area contributed by atoms with Gasteiger partial charge in [-0.25, -0.2) is 4.98 Å². The quantitative estimate of drug-likeness (QED) is 0.401. The Morgan fingerprint density at radius 1 is 1.18 bits per heavy atom. The van der Waals surface area contributed by atoms with Crippen LogP contribution in [0.4, 0.5) is 5.82 Å². The molecule has 3 heterocycles. The molecule has 1 N–H and O–H groups in total. The Morgan fingerprint density at radius 2 is 1.91 bits per heavy atom. The third kappa shape index (κ3) is 4.58. The van der Waals surface area contributed by atoms with Crippen molar-refractivity contribution in [3.8, 4) is 0 Å². The fourth-order valence-electron chi connectivity index (χ4n) is 3.64. The maximum absolute atomic E-state index is 13.5. The first kappa shape index (κ1) is 23.2. The molecule has 1 atom stereocenters. The number of nitrogens with one attached hydrogen (secondary N) is 1. The van der Waals surface area contributed by atoms with Crippen molar-refractivity contribution >= 4 is 51.7 Å². The lowest BCUT2D eigenvalue weighted by atomic mass is 10.1. The van der Waals surface area contributed by atoms with E-state index in [0.717, 1.165) is 17.5 Å². The van der Waals surface area contributed by atoms with E-state index in [1.54, 1.807) is 17.2 Å². The highest BCUT2D eigenvalue weighted by atomic mass is 32.2. The highest BCUT2D eigenvalue weighted by molar-refractivity contribution is 8.26. The van der Waals surface area contributed by atoms with Gasteiger partial charge in [-0.2, -0.15) is 0 Å². The number of thioether (sulfide) groups is 1. The summed E-state index contributed by atoms with van der Waals surface area (Å²) in [6.07, 6.45) is 4.12. The first-order chi connectivity index (χ1) is 15.8. The Bertz CT molecular complexity index is 1330. The first-order valence-corrected chi connectivity index (χ1v) is 12.1. The van der Waals surface area contributed by atoms with Crippen LogP contribution in [0, 0.1) is 13.8 Å². The summed E-state index contributed by atoms with van der Waals surface area (Å²) in [6.45, 7) is 8.45. The van der Waals surface area contributed by atoms with Crippen LogP contribution in [0.15, 0.2) is 52.3 Å². The molecule has 1 aliphatic heterocycles. The van der Waals surface area contributed by atoms with Gasteiger partial charge in [0.2, 0.25) is 0 Å². The van der Waals surface area contributed by atoms with Crippen LogP contribution in [0.2, 0.25) is 0 Å². The van der Waals surface area contributed by atoms with Gasteiger partial charge < -0.3 is 5.32 Å². The summed E-state index contributed by atoms with van der Waals surface area (Å²) < 4.78 is 2.03. The highest BCUT2D eigenvalue weighted by Crippen LogP contribution is 2.35. The molecule has 1 saturated heterocycles. The minimum absolute atomic E-state index is 0.000933. The second-order valence-electron chi connectivity index (χ2n) is 8.21. The van der Waals surface area contributed by atoms with E-state index in [0.29, 0.717) is 32.8 Å². The minimum Gasteiger partial charge on any atom is -0.365 e. The van der Waals surface area contributed by atoms with Crippen molar-refractivity contribution in [1.82, 2.24) is 14.3 Å². The van der Waals surface area contributed by atoms with E-state index in [1.807, 2.05) is 64.1 Å². The summed E-state index contributed by atoms with van der Waals surface area (Å²) in [5.41, 5.74) is 3.83. The molecule has 1 aromatic carbocycles. The maximum atomic E-state index is 13.5. The molecular formula is C25H26N4O2S2. The Morgan fingerprint density at radius 3 is 2.61 bits per heavy atom. The van der Waals surface area contributed by atoms with Gasteiger partial charge in [-0.1, -0.05) is 66.8 Å². The molecule has 0 saturated carbocycles. The van der Waals surface area contributed by atoms with E-state index >= 15 is 0 Å². The number of aryl methyl sites for hydroxylation is 2. The largest absolute Gasteiger partial charge is 0.365 e. The van der Waals surface area contributed by atoms with Crippen molar-refractivity contribution in [3.05, 3.63) is 80.1 Å². The molecule has 0 spiro atoms. The smallest absolute Gasteiger partial charge is 0.267 e. The number of aromatic nitrogens is 2. The molecule has 0 unspecified atom stereocenters. The van der Waals surface area contributed by atoms with Crippen molar-refractivity contribution in [3.63, 3.8) is 0 Å². The number of carbonyl (C=O) groups is 1. The molecule has 0 radical (unpaired) electrons. The second kappa shape index (κ2) is 9.49. The lowest BCUT2D eigenvalue weighted by molar-refractivity contribution is -0.123. The van der Waals surface area contributed by atoms with E-state index in [9.17, 15) is 9.59 Å². The van der Waals surface area contributed by atoms with Gasteiger partial charge >= 0.3 is 0 Å². The lowest BCUT2D eigenvalue weighted by Crippen LogP contribution is -2.36. The van der Waals surface area contributed by atoms with Crippen LogP contribution in [-0.2, 0) is 11.3 Å². The van der Waals surface area contributed by atoms with Gasteiger partial charge in [-0.3, -0.25) is 18.9 Å². The summed E-state index contributed by atoms with van der Waals surface area (Å²) in [5.74, 6) is 0.279. The van der Waals surface area contributed by atoms with Crippen LogP contribution in [-0.4, -0.2) is 30.6 Å². The fraction of sp³-hybridized carbons (Fsp3) is 0.280. The van der Waals surface area contributed by atoms with Crippen LogP contribution in [0.1, 0.15) is 42.5 Å². The normalized spacial score (nSPS) is 16.1. The van der Waals surface area contributed by atoms with Gasteiger partial charge in [0.25, 0.3) is 11.5 Å². The predicted octanol–water partition coefficient (Wildman–Crippen LogP) is 4.92. The number of carbonyl (C=O) groups excluding carboxylic acids is 1. The van der Waals surface area contributed by atoms with Crippen molar-refractivity contribution < 1.29 is 4.79 Å². The molecule has 3 aromatic rings. The summed E-state index contributed by atoms with van der Waals surface area (Å²) >= 11 is 6.68. The molecule has 0 aliphatic carbocycles. The number of amides is 1. The molecule has 1 aliphatic rings. The van der Waals surface area contributed by atoms with Gasteiger partial charge in [0, 0.05) is 18.8 Å². The zero-order chi connectivity index (χ0) is 23.7. The number of thiocarbonyl (C=S) groups is 1. The van der Waals surface area contributed by atoms with Gasteiger partial charge in [-0.05, 0) is 50.5 Å². The molecular weight excluding hydrogens is 452 g/mol. The van der Waals surface area contributed by atoms with Crippen LogP contribution < -0.4 is 10.9 Å². The van der Waals surface area contributed by atoms with E-state index in [2.05, 4.69) is 5.32 Å². The molecule has 1 amide bonds. The van der Waals surface area contributed by atoms with E-state index < -0.39 is 0 Å². The number of fused-ring (bicyclic) bond motifs is 1. The molecule has 2 aromatic heterocycles. The van der Waals surface area contributed by atoms with Gasteiger partial charge in [0.15, 0.2) is 0 Å². The zero-order valence-electron chi connectivity index (χ0n) is 19.1.